The lowest BCUT2D eigenvalue weighted by atomic mass is 10.0. The second kappa shape index (κ2) is 4.97. The predicted octanol–water partition coefficient (Wildman–Crippen LogP) is 2.30. The van der Waals surface area contributed by atoms with E-state index in [1.807, 2.05) is 0 Å². The maximum absolute atomic E-state index is 2.49. The van der Waals surface area contributed by atoms with Gasteiger partial charge in [-0.25, -0.2) is 0 Å². The van der Waals surface area contributed by atoms with Crippen molar-refractivity contribution >= 4 is 12.4 Å². The molecule has 0 aliphatic carbocycles. The Kier molecular flexibility index (Phi) is 5.10. The van der Waals surface area contributed by atoms with Crippen molar-refractivity contribution < 1.29 is 0 Å². The average Bonchev–Trinajstić information content (AvgIpc) is 1.89. The summed E-state index contributed by atoms with van der Waals surface area (Å²) in [5.41, 5.74) is 0. The second-order valence-corrected chi connectivity index (χ2v) is 3.04. The highest BCUT2D eigenvalue weighted by Gasteiger charge is 2.15. The number of rotatable bonds is 1. The fourth-order valence-corrected chi connectivity index (χ4v) is 1.66. The van der Waals surface area contributed by atoms with Gasteiger partial charge in [-0.2, -0.15) is 0 Å². The minimum Gasteiger partial charge on any atom is -0.303 e. The van der Waals surface area contributed by atoms with Gasteiger partial charge in [0.2, 0.25) is 0 Å². The molecule has 0 spiro atoms. The summed E-state index contributed by atoms with van der Waals surface area (Å²) in [6, 6.07) is 0.888. The summed E-state index contributed by atoms with van der Waals surface area (Å²) in [6.07, 6.45) is 5.61. The third-order valence-electron chi connectivity index (χ3n) is 2.39. The molecule has 62 valence electrons. The van der Waals surface area contributed by atoms with Gasteiger partial charge in [0.25, 0.3) is 0 Å². The van der Waals surface area contributed by atoms with Gasteiger partial charge in [-0.1, -0.05) is 13.3 Å². The minimum atomic E-state index is 0. The number of hydrogen-bond donors (Lipinski definition) is 0. The average molecular weight is 164 g/mol. The normalized spacial score (nSPS) is 27.6. The van der Waals surface area contributed by atoms with Crippen molar-refractivity contribution in [2.24, 2.45) is 0 Å². The molecule has 0 N–H and O–H groups in total. The molecule has 1 aliphatic heterocycles. The van der Waals surface area contributed by atoms with Crippen LogP contribution < -0.4 is 0 Å². The third-order valence-corrected chi connectivity index (χ3v) is 2.39. The van der Waals surface area contributed by atoms with Crippen LogP contribution >= 0.6 is 12.4 Å². The Bertz CT molecular complexity index is 85.3. The summed E-state index contributed by atoms with van der Waals surface area (Å²) < 4.78 is 0. The van der Waals surface area contributed by atoms with Gasteiger partial charge in [0.05, 0.1) is 0 Å². The smallest absolute Gasteiger partial charge is 0.00895 e. The predicted molar refractivity (Wildman–Crippen MR) is 47.8 cm³/mol. The van der Waals surface area contributed by atoms with Gasteiger partial charge in [-0.15, -0.1) is 12.4 Å². The van der Waals surface area contributed by atoms with Crippen molar-refractivity contribution in [3.05, 3.63) is 0 Å². The molecule has 0 bridgehead atoms. The van der Waals surface area contributed by atoms with Crippen LogP contribution in [0.5, 0.6) is 0 Å². The van der Waals surface area contributed by atoms with E-state index in [4.69, 9.17) is 0 Å². The van der Waals surface area contributed by atoms with Gasteiger partial charge in [-0.05, 0) is 32.9 Å². The Balaban J connectivity index is 0.000000810. The fourth-order valence-electron chi connectivity index (χ4n) is 1.66. The van der Waals surface area contributed by atoms with Gasteiger partial charge in [0, 0.05) is 6.04 Å². The third kappa shape index (κ3) is 2.47. The lowest BCUT2D eigenvalue weighted by Crippen LogP contribution is -2.35. The molecule has 0 saturated carbocycles. The fraction of sp³-hybridized carbons (Fsp3) is 1.00. The summed E-state index contributed by atoms with van der Waals surface area (Å²) in [4.78, 5) is 2.49. The van der Waals surface area contributed by atoms with E-state index in [1.54, 1.807) is 0 Å². The summed E-state index contributed by atoms with van der Waals surface area (Å²) in [5, 5.41) is 0. The van der Waals surface area contributed by atoms with Gasteiger partial charge >= 0.3 is 0 Å². The first-order chi connectivity index (χ1) is 4.34. The topological polar surface area (TPSA) is 3.24 Å². The first-order valence-corrected chi connectivity index (χ1v) is 4.05. The molecule has 1 unspecified atom stereocenters. The molecule has 0 aromatic carbocycles. The zero-order valence-electron chi connectivity index (χ0n) is 6.97. The summed E-state index contributed by atoms with van der Waals surface area (Å²) in [6.45, 7) is 3.60. The summed E-state index contributed by atoms with van der Waals surface area (Å²) in [5.74, 6) is 0. The van der Waals surface area contributed by atoms with Gasteiger partial charge < -0.3 is 4.90 Å². The molecule has 1 saturated heterocycles. The Morgan fingerprint density at radius 2 is 2.10 bits per heavy atom. The molecular weight excluding hydrogens is 146 g/mol. The van der Waals surface area contributed by atoms with E-state index >= 15 is 0 Å². The van der Waals surface area contributed by atoms with Gasteiger partial charge in [0.15, 0.2) is 0 Å². The van der Waals surface area contributed by atoms with E-state index < -0.39 is 0 Å². The van der Waals surface area contributed by atoms with E-state index in [1.165, 1.54) is 32.2 Å². The molecule has 0 amide bonds. The van der Waals surface area contributed by atoms with Crippen LogP contribution in [0, 0.1) is 0 Å². The Hall–Kier alpha value is 0.250. The zero-order chi connectivity index (χ0) is 6.69. The molecule has 10 heavy (non-hydrogen) atoms. The number of likely N-dealkylation sites (tertiary alicyclic amines) is 1. The van der Waals surface area contributed by atoms with Crippen LogP contribution in [0.2, 0.25) is 0 Å². The minimum absolute atomic E-state index is 0. The highest BCUT2D eigenvalue weighted by Crippen LogP contribution is 2.16. The number of halogens is 1. The molecule has 1 aliphatic rings. The molecule has 1 heterocycles. The molecule has 0 aromatic heterocycles. The van der Waals surface area contributed by atoms with Crippen molar-refractivity contribution in [3.63, 3.8) is 0 Å². The molecule has 1 nitrogen and oxygen atoms in total. The Morgan fingerprint density at radius 1 is 1.40 bits per heavy atom. The van der Waals surface area contributed by atoms with Gasteiger partial charge in [0.1, 0.15) is 0 Å². The standard InChI is InChI=1S/C8H17N.ClH/c1-3-8-6-4-5-7-9(8)2;/h8H,3-7H2,1-2H3;1H. The molecule has 1 rings (SSSR count). The van der Waals surface area contributed by atoms with Gasteiger partial charge in [-0.3, -0.25) is 0 Å². The van der Waals surface area contributed by atoms with Crippen molar-refractivity contribution in [2.45, 2.75) is 38.6 Å². The molecule has 0 aromatic rings. The van der Waals surface area contributed by atoms with Crippen molar-refractivity contribution in [2.75, 3.05) is 13.6 Å². The van der Waals surface area contributed by atoms with Crippen molar-refractivity contribution in [1.29, 1.82) is 0 Å². The van der Waals surface area contributed by atoms with Crippen LogP contribution in [0.15, 0.2) is 0 Å². The second-order valence-electron chi connectivity index (χ2n) is 3.04. The molecule has 0 radical (unpaired) electrons. The molecule has 2 heteroatoms. The maximum atomic E-state index is 2.49. The Morgan fingerprint density at radius 3 is 2.50 bits per heavy atom. The maximum Gasteiger partial charge on any atom is 0.00895 e. The first-order valence-electron chi connectivity index (χ1n) is 4.05. The molecular formula is C8H18ClN. The van der Waals surface area contributed by atoms with Crippen LogP contribution in [-0.2, 0) is 0 Å². The molecule has 1 atom stereocenters. The lowest BCUT2D eigenvalue weighted by Gasteiger charge is -2.31. The van der Waals surface area contributed by atoms with Crippen LogP contribution in [0.1, 0.15) is 32.6 Å². The van der Waals surface area contributed by atoms with E-state index in [0.717, 1.165) is 6.04 Å². The first kappa shape index (κ1) is 10.2. The van der Waals surface area contributed by atoms with E-state index in [0.29, 0.717) is 0 Å². The number of nitrogens with zero attached hydrogens (tertiary/aromatic N) is 1. The monoisotopic (exact) mass is 163 g/mol. The molecule has 1 fully saturated rings. The summed E-state index contributed by atoms with van der Waals surface area (Å²) in [7, 11) is 2.24. The van der Waals surface area contributed by atoms with Crippen molar-refractivity contribution in [1.82, 2.24) is 4.90 Å². The van der Waals surface area contributed by atoms with Crippen LogP contribution in [0.25, 0.3) is 0 Å². The number of piperidine rings is 1. The van der Waals surface area contributed by atoms with E-state index in [2.05, 4.69) is 18.9 Å². The highest BCUT2D eigenvalue weighted by atomic mass is 35.5. The Labute approximate surface area is 70.2 Å². The number of hydrogen-bond acceptors (Lipinski definition) is 1. The quantitative estimate of drug-likeness (QED) is 0.574. The highest BCUT2D eigenvalue weighted by molar-refractivity contribution is 5.85. The largest absolute Gasteiger partial charge is 0.303 e. The lowest BCUT2D eigenvalue weighted by molar-refractivity contribution is 0.181. The van der Waals surface area contributed by atoms with E-state index in [-0.39, 0.29) is 12.4 Å². The zero-order valence-corrected chi connectivity index (χ0v) is 7.78. The van der Waals surface area contributed by atoms with Crippen LogP contribution in [-0.4, -0.2) is 24.5 Å². The van der Waals surface area contributed by atoms with Crippen LogP contribution in [0.3, 0.4) is 0 Å². The van der Waals surface area contributed by atoms with Crippen molar-refractivity contribution in [3.8, 4) is 0 Å². The summed E-state index contributed by atoms with van der Waals surface area (Å²) >= 11 is 0. The van der Waals surface area contributed by atoms with E-state index in [9.17, 15) is 0 Å². The SMILES string of the molecule is CCC1CCCCN1C.Cl. The van der Waals surface area contributed by atoms with Crippen LogP contribution in [0.4, 0.5) is 0 Å².